The molecule has 3 rings (SSSR count). The monoisotopic (exact) mass is 430 g/mol. The van der Waals surface area contributed by atoms with Gasteiger partial charge in [0.1, 0.15) is 0 Å². The van der Waals surface area contributed by atoms with Crippen LogP contribution in [0.4, 0.5) is 0 Å². The van der Waals surface area contributed by atoms with Crippen molar-refractivity contribution < 1.29 is 19.4 Å². The first kappa shape index (κ1) is 23.3. The SMILES string of the molecule is CCC(CC)CC(C)OC(=O)c1ccc(-c2cc(C(=O)O)ccc2-c2ccccc2)cc1. The van der Waals surface area contributed by atoms with Gasteiger partial charge < -0.3 is 9.84 Å². The van der Waals surface area contributed by atoms with Crippen molar-refractivity contribution in [3.05, 3.63) is 83.9 Å². The molecule has 4 heteroatoms. The Hall–Kier alpha value is -3.40. The lowest BCUT2D eigenvalue weighted by Gasteiger charge is -2.19. The first-order chi connectivity index (χ1) is 15.4. The Morgan fingerprint density at radius 1 is 0.812 bits per heavy atom. The molecule has 0 radical (unpaired) electrons. The summed E-state index contributed by atoms with van der Waals surface area (Å²) in [5.41, 5.74) is 4.29. The van der Waals surface area contributed by atoms with Crippen LogP contribution >= 0.6 is 0 Å². The predicted molar refractivity (Wildman–Crippen MR) is 128 cm³/mol. The minimum atomic E-state index is -0.975. The van der Waals surface area contributed by atoms with Gasteiger partial charge in [-0.15, -0.1) is 0 Å². The molecule has 0 amide bonds. The third kappa shape index (κ3) is 5.64. The fourth-order valence-corrected chi connectivity index (χ4v) is 3.96. The van der Waals surface area contributed by atoms with Crippen molar-refractivity contribution in [3.63, 3.8) is 0 Å². The molecule has 0 saturated carbocycles. The highest BCUT2D eigenvalue weighted by Crippen LogP contribution is 2.33. The van der Waals surface area contributed by atoms with Gasteiger partial charge in [0.05, 0.1) is 17.2 Å². The summed E-state index contributed by atoms with van der Waals surface area (Å²) in [5, 5.41) is 9.46. The van der Waals surface area contributed by atoms with E-state index in [2.05, 4.69) is 13.8 Å². The third-order valence-corrected chi connectivity index (χ3v) is 5.91. The van der Waals surface area contributed by atoms with E-state index < -0.39 is 5.97 Å². The fraction of sp³-hybridized carbons (Fsp3) is 0.286. The molecule has 0 heterocycles. The Morgan fingerprint density at radius 2 is 1.41 bits per heavy atom. The highest BCUT2D eigenvalue weighted by atomic mass is 16.5. The number of esters is 1. The molecule has 0 saturated heterocycles. The highest BCUT2D eigenvalue weighted by molar-refractivity contribution is 5.94. The molecule has 0 aromatic heterocycles. The van der Waals surface area contributed by atoms with Gasteiger partial charge in [-0.05, 0) is 65.8 Å². The van der Waals surface area contributed by atoms with Crippen molar-refractivity contribution in [2.24, 2.45) is 5.92 Å². The van der Waals surface area contributed by atoms with Gasteiger partial charge in [-0.3, -0.25) is 0 Å². The minimum absolute atomic E-state index is 0.135. The van der Waals surface area contributed by atoms with Crippen molar-refractivity contribution in [1.29, 1.82) is 0 Å². The van der Waals surface area contributed by atoms with E-state index >= 15 is 0 Å². The van der Waals surface area contributed by atoms with E-state index in [0.29, 0.717) is 11.5 Å². The Morgan fingerprint density at radius 3 is 2.00 bits per heavy atom. The van der Waals surface area contributed by atoms with Gasteiger partial charge in [0.15, 0.2) is 0 Å². The first-order valence-corrected chi connectivity index (χ1v) is 11.2. The Bertz CT molecular complexity index is 1050. The van der Waals surface area contributed by atoms with Crippen LogP contribution in [0.5, 0.6) is 0 Å². The lowest BCUT2D eigenvalue weighted by molar-refractivity contribution is 0.0285. The van der Waals surface area contributed by atoms with Gasteiger partial charge in [0.2, 0.25) is 0 Å². The number of hydrogen-bond donors (Lipinski definition) is 1. The maximum atomic E-state index is 12.6. The third-order valence-electron chi connectivity index (χ3n) is 5.91. The number of carboxylic acid groups (broad SMARTS) is 1. The van der Waals surface area contributed by atoms with Crippen molar-refractivity contribution in [1.82, 2.24) is 0 Å². The van der Waals surface area contributed by atoms with Crippen LogP contribution in [0, 0.1) is 5.92 Å². The molecular weight excluding hydrogens is 400 g/mol. The van der Waals surface area contributed by atoms with Crippen LogP contribution < -0.4 is 0 Å². The summed E-state index contributed by atoms with van der Waals surface area (Å²) in [4.78, 5) is 24.1. The maximum Gasteiger partial charge on any atom is 0.338 e. The minimum Gasteiger partial charge on any atom is -0.478 e. The standard InChI is InChI=1S/C28H30O4/c1-4-20(5-2)17-19(3)32-28(31)23-13-11-22(12-14-23)26-18-24(27(29)30)15-16-25(26)21-9-7-6-8-10-21/h6-16,18-20H,4-5,17H2,1-3H3,(H,29,30). The van der Waals surface area contributed by atoms with Gasteiger partial charge in [-0.2, -0.15) is 0 Å². The molecular formula is C28H30O4. The number of aromatic carboxylic acids is 1. The summed E-state index contributed by atoms with van der Waals surface area (Å²) in [6.07, 6.45) is 2.88. The van der Waals surface area contributed by atoms with Crippen molar-refractivity contribution in [3.8, 4) is 22.3 Å². The molecule has 0 aliphatic rings. The molecule has 0 spiro atoms. The van der Waals surface area contributed by atoms with Crippen LogP contribution in [0.2, 0.25) is 0 Å². The Balaban J connectivity index is 1.86. The molecule has 1 N–H and O–H groups in total. The smallest absolute Gasteiger partial charge is 0.338 e. The summed E-state index contributed by atoms with van der Waals surface area (Å²) in [7, 11) is 0. The molecule has 1 unspecified atom stereocenters. The molecule has 3 aromatic carbocycles. The van der Waals surface area contributed by atoms with Crippen molar-refractivity contribution in [2.75, 3.05) is 0 Å². The van der Waals surface area contributed by atoms with E-state index in [1.807, 2.05) is 55.5 Å². The number of benzene rings is 3. The number of hydrogen-bond acceptors (Lipinski definition) is 3. The molecule has 166 valence electrons. The molecule has 0 bridgehead atoms. The van der Waals surface area contributed by atoms with E-state index in [9.17, 15) is 14.7 Å². The van der Waals surface area contributed by atoms with Crippen molar-refractivity contribution in [2.45, 2.75) is 46.1 Å². The molecule has 1 atom stereocenters. The molecule has 4 nitrogen and oxygen atoms in total. The largest absolute Gasteiger partial charge is 0.478 e. The van der Waals surface area contributed by atoms with Gasteiger partial charge >= 0.3 is 11.9 Å². The predicted octanol–water partition coefficient (Wildman–Crippen LogP) is 7.09. The van der Waals surface area contributed by atoms with E-state index in [0.717, 1.165) is 41.5 Å². The van der Waals surface area contributed by atoms with Gasteiger partial charge in [-0.1, -0.05) is 75.2 Å². The van der Waals surface area contributed by atoms with Crippen LogP contribution in [0.25, 0.3) is 22.3 Å². The summed E-state index contributed by atoms with van der Waals surface area (Å²) < 4.78 is 5.64. The maximum absolute atomic E-state index is 12.6. The number of rotatable bonds is 9. The lowest BCUT2D eigenvalue weighted by Crippen LogP contribution is -2.18. The summed E-state index contributed by atoms with van der Waals surface area (Å²) in [5.74, 6) is -0.756. The number of ether oxygens (including phenoxy) is 1. The van der Waals surface area contributed by atoms with Crippen molar-refractivity contribution >= 4 is 11.9 Å². The zero-order valence-corrected chi connectivity index (χ0v) is 18.9. The van der Waals surface area contributed by atoms with Crippen LogP contribution in [-0.4, -0.2) is 23.1 Å². The molecule has 0 aliphatic carbocycles. The summed E-state index contributed by atoms with van der Waals surface area (Å²) in [6.45, 7) is 6.25. The number of carboxylic acids is 1. The molecule has 0 aliphatic heterocycles. The van der Waals surface area contributed by atoms with E-state index in [-0.39, 0.29) is 17.6 Å². The number of carbonyl (C=O) groups excluding carboxylic acids is 1. The Kier molecular flexibility index (Phi) is 7.82. The second-order valence-electron chi connectivity index (χ2n) is 8.14. The highest BCUT2D eigenvalue weighted by Gasteiger charge is 2.17. The van der Waals surface area contributed by atoms with E-state index in [1.54, 1.807) is 24.3 Å². The average Bonchev–Trinajstić information content (AvgIpc) is 2.82. The van der Waals surface area contributed by atoms with Gasteiger partial charge in [0, 0.05) is 0 Å². The quantitative estimate of drug-likeness (QED) is 0.368. The van der Waals surface area contributed by atoms with Gasteiger partial charge in [-0.25, -0.2) is 9.59 Å². The molecule has 0 fully saturated rings. The summed E-state index contributed by atoms with van der Waals surface area (Å²) >= 11 is 0. The van der Waals surface area contributed by atoms with Gasteiger partial charge in [0.25, 0.3) is 0 Å². The second kappa shape index (κ2) is 10.8. The van der Waals surface area contributed by atoms with E-state index in [1.165, 1.54) is 0 Å². The topological polar surface area (TPSA) is 63.6 Å². The zero-order valence-electron chi connectivity index (χ0n) is 18.9. The normalized spacial score (nSPS) is 11.9. The Labute approximate surface area is 189 Å². The van der Waals surface area contributed by atoms with Crippen LogP contribution in [-0.2, 0) is 4.74 Å². The average molecular weight is 431 g/mol. The van der Waals surface area contributed by atoms with Crippen LogP contribution in [0.3, 0.4) is 0 Å². The van der Waals surface area contributed by atoms with Crippen LogP contribution in [0.1, 0.15) is 60.7 Å². The lowest BCUT2D eigenvalue weighted by atomic mass is 9.92. The summed E-state index contributed by atoms with van der Waals surface area (Å²) in [6, 6.07) is 22.1. The number of carbonyl (C=O) groups is 2. The van der Waals surface area contributed by atoms with Crippen LogP contribution in [0.15, 0.2) is 72.8 Å². The first-order valence-electron chi connectivity index (χ1n) is 11.2. The fourth-order valence-electron chi connectivity index (χ4n) is 3.96. The van der Waals surface area contributed by atoms with E-state index in [4.69, 9.17) is 4.74 Å². The molecule has 32 heavy (non-hydrogen) atoms. The zero-order chi connectivity index (χ0) is 23.1. The second-order valence-corrected chi connectivity index (χ2v) is 8.14. The molecule has 3 aromatic rings.